The fraction of sp³-hybridized carbons (Fsp3) is 0.455. The van der Waals surface area contributed by atoms with Crippen molar-refractivity contribution < 1.29 is 9.13 Å². The molecular formula is C11H13BrFNO. The van der Waals surface area contributed by atoms with Gasteiger partial charge >= 0.3 is 0 Å². The quantitative estimate of drug-likeness (QED) is 0.919. The molecule has 2 rings (SSSR count). The fourth-order valence-electron chi connectivity index (χ4n) is 1.65. The maximum atomic E-state index is 13.6. The van der Waals surface area contributed by atoms with E-state index < -0.39 is 0 Å². The molecule has 0 saturated heterocycles. The van der Waals surface area contributed by atoms with Crippen LogP contribution in [0.1, 0.15) is 18.4 Å². The molecule has 1 aromatic carbocycles. The van der Waals surface area contributed by atoms with Crippen LogP contribution in [0.25, 0.3) is 0 Å². The lowest BCUT2D eigenvalue weighted by molar-refractivity contribution is 0.398. The lowest BCUT2D eigenvalue weighted by Crippen LogP contribution is -2.25. The maximum Gasteiger partial charge on any atom is 0.139 e. The maximum absolute atomic E-state index is 13.6. The summed E-state index contributed by atoms with van der Waals surface area (Å²) in [4.78, 5) is 0. The summed E-state index contributed by atoms with van der Waals surface area (Å²) in [6.45, 7) is 0. The second-order valence-electron chi connectivity index (χ2n) is 4.08. The minimum absolute atomic E-state index is 0.213. The van der Waals surface area contributed by atoms with E-state index in [0.29, 0.717) is 17.7 Å². The van der Waals surface area contributed by atoms with Gasteiger partial charge in [0.2, 0.25) is 0 Å². The molecule has 0 aliphatic heterocycles. The molecule has 1 aliphatic rings. The highest BCUT2D eigenvalue weighted by atomic mass is 79.9. The van der Waals surface area contributed by atoms with Crippen LogP contribution in [0.2, 0.25) is 0 Å². The minimum Gasteiger partial charge on any atom is -0.495 e. The van der Waals surface area contributed by atoms with Crippen LogP contribution in [0.5, 0.6) is 5.75 Å². The molecule has 1 aromatic rings. The van der Waals surface area contributed by atoms with E-state index >= 15 is 0 Å². The van der Waals surface area contributed by atoms with Gasteiger partial charge in [-0.05, 0) is 47.3 Å². The summed E-state index contributed by atoms with van der Waals surface area (Å²) < 4.78 is 19.6. The van der Waals surface area contributed by atoms with Crippen molar-refractivity contribution in [1.82, 2.24) is 0 Å². The molecule has 0 atom stereocenters. The number of ether oxygens (including phenoxy) is 1. The number of hydrogen-bond acceptors (Lipinski definition) is 2. The molecule has 0 bridgehead atoms. The SMILES string of the molecule is COc1c(Br)ccc(F)c1CC1(N)CC1. The Kier molecular flexibility index (Phi) is 2.73. The Morgan fingerprint density at radius 3 is 2.73 bits per heavy atom. The molecule has 0 aromatic heterocycles. The number of methoxy groups -OCH3 is 1. The number of benzene rings is 1. The summed E-state index contributed by atoms with van der Waals surface area (Å²) in [7, 11) is 1.54. The van der Waals surface area contributed by atoms with Gasteiger partial charge in [-0.1, -0.05) is 0 Å². The van der Waals surface area contributed by atoms with Gasteiger partial charge in [-0.2, -0.15) is 0 Å². The molecule has 0 radical (unpaired) electrons. The summed E-state index contributed by atoms with van der Waals surface area (Å²) >= 11 is 3.34. The first-order valence-corrected chi connectivity index (χ1v) is 5.65. The van der Waals surface area contributed by atoms with Crippen molar-refractivity contribution in [3.8, 4) is 5.75 Å². The second kappa shape index (κ2) is 3.76. The second-order valence-corrected chi connectivity index (χ2v) is 4.93. The Labute approximate surface area is 96.7 Å². The zero-order valence-electron chi connectivity index (χ0n) is 8.52. The third-order valence-electron chi connectivity index (χ3n) is 2.78. The highest BCUT2D eigenvalue weighted by molar-refractivity contribution is 9.10. The summed E-state index contributed by atoms with van der Waals surface area (Å²) in [5, 5.41) is 0. The third kappa shape index (κ3) is 2.16. The van der Waals surface area contributed by atoms with E-state index in [0.717, 1.165) is 17.3 Å². The van der Waals surface area contributed by atoms with E-state index in [4.69, 9.17) is 10.5 Å². The van der Waals surface area contributed by atoms with Crippen LogP contribution in [0, 0.1) is 5.82 Å². The highest BCUT2D eigenvalue weighted by Gasteiger charge is 2.39. The molecule has 1 fully saturated rings. The van der Waals surface area contributed by atoms with Gasteiger partial charge in [0.15, 0.2) is 0 Å². The number of rotatable bonds is 3. The molecule has 1 saturated carbocycles. The summed E-state index contributed by atoms with van der Waals surface area (Å²) in [5.41, 5.74) is 6.35. The van der Waals surface area contributed by atoms with E-state index in [1.165, 1.54) is 6.07 Å². The molecule has 82 valence electrons. The normalized spacial score (nSPS) is 17.6. The lowest BCUT2D eigenvalue weighted by atomic mass is 10.0. The van der Waals surface area contributed by atoms with Crippen LogP contribution in [0.3, 0.4) is 0 Å². The first kappa shape index (κ1) is 10.9. The minimum atomic E-state index is -0.244. The van der Waals surface area contributed by atoms with Crippen molar-refractivity contribution in [2.45, 2.75) is 24.8 Å². The van der Waals surface area contributed by atoms with Crippen LogP contribution in [0.15, 0.2) is 16.6 Å². The predicted molar refractivity (Wildman–Crippen MR) is 60.5 cm³/mol. The van der Waals surface area contributed by atoms with Gasteiger partial charge in [0.1, 0.15) is 11.6 Å². The highest BCUT2D eigenvalue weighted by Crippen LogP contribution is 2.40. The number of hydrogen-bond donors (Lipinski definition) is 1. The molecule has 0 spiro atoms. The van der Waals surface area contributed by atoms with Crippen LogP contribution < -0.4 is 10.5 Å². The van der Waals surface area contributed by atoms with Gasteiger partial charge in [0.25, 0.3) is 0 Å². The monoisotopic (exact) mass is 273 g/mol. The molecular weight excluding hydrogens is 261 g/mol. The number of nitrogens with two attached hydrogens (primary N) is 1. The van der Waals surface area contributed by atoms with Crippen molar-refractivity contribution in [2.24, 2.45) is 5.73 Å². The van der Waals surface area contributed by atoms with Crippen molar-refractivity contribution >= 4 is 15.9 Å². The molecule has 15 heavy (non-hydrogen) atoms. The van der Waals surface area contributed by atoms with Crippen molar-refractivity contribution in [2.75, 3.05) is 7.11 Å². The van der Waals surface area contributed by atoms with E-state index in [-0.39, 0.29) is 11.4 Å². The lowest BCUT2D eigenvalue weighted by Gasteiger charge is -2.14. The number of halogens is 2. The Balaban J connectivity index is 2.38. The predicted octanol–water partition coefficient (Wildman–Crippen LogP) is 2.63. The van der Waals surface area contributed by atoms with Crippen LogP contribution in [-0.4, -0.2) is 12.6 Å². The van der Waals surface area contributed by atoms with Gasteiger partial charge in [-0.3, -0.25) is 0 Å². The summed E-state index contributed by atoms with van der Waals surface area (Å²) in [6, 6.07) is 3.08. The third-order valence-corrected chi connectivity index (χ3v) is 3.40. The molecule has 1 aliphatic carbocycles. The smallest absolute Gasteiger partial charge is 0.139 e. The van der Waals surface area contributed by atoms with E-state index in [1.54, 1.807) is 13.2 Å². The Bertz CT molecular complexity index is 390. The van der Waals surface area contributed by atoms with Crippen LogP contribution in [-0.2, 0) is 6.42 Å². The topological polar surface area (TPSA) is 35.2 Å². The van der Waals surface area contributed by atoms with E-state index in [2.05, 4.69) is 15.9 Å². The van der Waals surface area contributed by atoms with Crippen LogP contribution in [0.4, 0.5) is 4.39 Å². The average molecular weight is 274 g/mol. The zero-order valence-corrected chi connectivity index (χ0v) is 10.1. The molecule has 2 nitrogen and oxygen atoms in total. The van der Waals surface area contributed by atoms with Crippen molar-refractivity contribution in [3.63, 3.8) is 0 Å². The zero-order chi connectivity index (χ0) is 11.1. The largest absolute Gasteiger partial charge is 0.495 e. The van der Waals surface area contributed by atoms with Gasteiger partial charge in [0.05, 0.1) is 11.6 Å². The Morgan fingerprint density at radius 2 is 2.20 bits per heavy atom. The van der Waals surface area contributed by atoms with E-state index in [1.807, 2.05) is 0 Å². The Morgan fingerprint density at radius 1 is 1.53 bits per heavy atom. The first-order chi connectivity index (χ1) is 7.06. The standard InChI is InChI=1S/C11H13BrFNO/c1-15-10-7(6-11(14)4-5-11)9(13)3-2-8(10)12/h2-3H,4-6,14H2,1H3. The Hall–Kier alpha value is -0.610. The first-order valence-electron chi connectivity index (χ1n) is 4.85. The summed E-state index contributed by atoms with van der Waals surface area (Å²) in [5.74, 6) is 0.318. The van der Waals surface area contributed by atoms with Crippen LogP contribution >= 0.6 is 15.9 Å². The fourth-order valence-corrected chi connectivity index (χ4v) is 2.18. The summed E-state index contributed by atoms with van der Waals surface area (Å²) in [6.07, 6.45) is 2.46. The molecule has 2 N–H and O–H groups in total. The van der Waals surface area contributed by atoms with Gasteiger partial charge in [0, 0.05) is 11.1 Å². The van der Waals surface area contributed by atoms with Gasteiger partial charge in [-0.15, -0.1) is 0 Å². The van der Waals surface area contributed by atoms with Gasteiger partial charge < -0.3 is 10.5 Å². The van der Waals surface area contributed by atoms with Crippen molar-refractivity contribution in [1.29, 1.82) is 0 Å². The average Bonchev–Trinajstić information content (AvgIpc) is 2.91. The molecule has 0 heterocycles. The molecule has 0 unspecified atom stereocenters. The van der Waals surface area contributed by atoms with Gasteiger partial charge in [-0.25, -0.2) is 4.39 Å². The molecule has 0 amide bonds. The van der Waals surface area contributed by atoms with Crippen molar-refractivity contribution in [3.05, 3.63) is 28.0 Å². The van der Waals surface area contributed by atoms with E-state index in [9.17, 15) is 4.39 Å². The molecule has 4 heteroatoms.